The van der Waals surface area contributed by atoms with Crippen molar-refractivity contribution in [2.75, 3.05) is 11.5 Å². The Labute approximate surface area is 328 Å². The smallest absolute Gasteiger partial charge is 0.360 e. The third kappa shape index (κ3) is 7.35. The number of aromatic hydroxyl groups is 2. The van der Waals surface area contributed by atoms with Crippen molar-refractivity contribution >= 4 is 84.8 Å². The minimum Gasteiger partial charge on any atom is -0.507 e. The van der Waals surface area contributed by atoms with E-state index in [-0.39, 0.29) is 22.0 Å². The van der Waals surface area contributed by atoms with Crippen LogP contribution in [0.3, 0.4) is 0 Å². The lowest BCUT2D eigenvalue weighted by molar-refractivity contribution is 0.301. The first-order valence-corrected chi connectivity index (χ1v) is 21.6. The largest absolute Gasteiger partial charge is 0.507 e. The number of rotatable bonds is 10. The molecule has 0 amide bonds. The minimum absolute atomic E-state index is 0.110. The highest BCUT2D eigenvalue weighted by molar-refractivity contribution is 7.87. The summed E-state index contributed by atoms with van der Waals surface area (Å²) in [6, 6.07) is 15.9. The third-order valence-electron chi connectivity index (χ3n) is 9.01. The molecule has 6 rings (SSSR count). The number of hydrogen-bond donors (Lipinski definition) is 8. The van der Waals surface area contributed by atoms with Crippen molar-refractivity contribution in [2.45, 2.75) is 33.4 Å². The van der Waals surface area contributed by atoms with E-state index in [4.69, 9.17) is 17.0 Å². The van der Waals surface area contributed by atoms with Gasteiger partial charge in [0, 0.05) is 27.0 Å². The van der Waals surface area contributed by atoms with Crippen LogP contribution in [-0.4, -0.2) is 57.5 Å². The normalized spacial score (nSPS) is 12.7. The van der Waals surface area contributed by atoms with E-state index in [0.717, 1.165) is 12.1 Å². The fourth-order valence-corrected chi connectivity index (χ4v) is 9.40. The summed E-state index contributed by atoms with van der Waals surface area (Å²) in [7, 11) is -20.2. The Hall–Kier alpha value is -6.28. The van der Waals surface area contributed by atoms with E-state index in [9.17, 15) is 57.5 Å². The van der Waals surface area contributed by atoms with Gasteiger partial charge in [0.05, 0.1) is 22.4 Å². The van der Waals surface area contributed by atoms with Crippen LogP contribution in [0, 0.1) is 19.4 Å². The van der Waals surface area contributed by atoms with E-state index in [1.807, 2.05) is 0 Å². The van der Waals surface area contributed by atoms with Crippen molar-refractivity contribution in [1.29, 1.82) is 5.53 Å². The average Bonchev–Trinajstić information content (AvgIpc) is 3.10. The van der Waals surface area contributed by atoms with Gasteiger partial charge in [-0.1, -0.05) is 36.4 Å². The summed E-state index contributed by atoms with van der Waals surface area (Å²) in [4.78, 5) is -3.89. The SMILES string of the molecule is Cc1cc(-c2ccc(-c3ccc4c(S(=O)(=O)ON=N)cc(S(=O)(=O)O)c(N)c4c3O)c(C)c2)ccc1N=Nc1ccc2c(S(=O)(=O)O)cc(S(=O)(=O)O)c(N)c2c1O. The Kier molecular flexibility index (Phi) is 10.2. The van der Waals surface area contributed by atoms with Crippen molar-refractivity contribution in [3.8, 4) is 33.8 Å². The van der Waals surface area contributed by atoms with Gasteiger partial charge in [0.1, 0.15) is 31.0 Å². The first kappa shape index (κ1) is 41.4. The fourth-order valence-electron chi connectivity index (χ4n) is 6.36. The molecule has 0 atom stereocenters. The molecule has 0 unspecified atom stereocenters. The van der Waals surface area contributed by atoms with Gasteiger partial charge in [-0.2, -0.15) is 44.3 Å². The summed E-state index contributed by atoms with van der Waals surface area (Å²) in [6.07, 6.45) is 0. The molecule has 58 heavy (non-hydrogen) atoms. The number of nitrogens with one attached hydrogen (secondary N) is 1. The van der Waals surface area contributed by atoms with Crippen LogP contribution in [0.4, 0.5) is 22.7 Å². The zero-order chi connectivity index (χ0) is 42.9. The number of phenols is 2. The van der Waals surface area contributed by atoms with Crippen molar-refractivity contribution in [1.82, 2.24) is 0 Å². The summed E-state index contributed by atoms with van der Waals surface area (Å²) < 4.78 is 131. The molecule has 0 bridgehead atoms. The fraction of sp³-hybridized carbons (Fsp3) is 0.0588. The van der Waals surface area contributed by atoms with Crippen LogP contribution in [0.15, 0.2) is 108 Å². The second-order valence-corrected chi connectivity index (χ2v) is 18.3. The van der Waals surface area contributed by atoms with Crippen LogP contribution < -0.4 is 11.5 Å². The Morgan fingerprint density at radius 2 is 1.00 bits per heavy atom. The molecule has 0 heterocycles. The van der Waals surface area contributed by atoms with Gasteiger partial charge in [-0.25, -0.2) is 4.28 Å². The third-order valence-corrected chi connectivity index (χ3v) is 12.8. The molecule has 24 heteroatoms. The number of phenolic OH excluding ortho intramolecular Hbond substituents is 2. The molecule has 0 radical (unpaired) electrons. The van der Waals surface area contributed by atoms with Gasteiger partial charge in [0.15, 0.2) is 5.75 Å². The van der Waals surface area contributed by atoms with Crippen molar-refractivity contribution < 1.29 is 61.8 Å². The molecule has 6 aromatic carbocycles. The van der Waals surface area contributed by atoms with Gasteiger partial charge < -0.3 is 21.7 Å². The Morgan fingerprint density at radius 3 is 1.53 bits per heavy atom. The maximum atomic E-state index is 12.7. The van der Waals surface area contributed by atoms with Gasteiger partial charge in [0.25, 0.3) is 30.4 Å². The number of azo groups is 1. The molecule has 0 aliphatic heterocycles. The zero-order valence-electron chi connectivity index (χ0n) is 29.5. The first-order chi connectivity index (χ1) is 26.9. The molecule has 20 nitrogen and oxygen atoms in total. The molecule has 0 saturated heterocycles. The number of fused-ring (bicyclic) bond motifs is 2. The summed E-state index contributed by atoms with van der Waals surface area (Å²) in [6.45, 7) is 3.40. The second-order valence-electron chi connectivity index (χ2n) is 12.6. The van der Waals surface area contributed by atoms with Crippen molar-refractivity contribution in [2.24, 2.45) is 15.5 Å². The molecule has 10 N–H and O–H groups in total. The van der Waals surface area contributed by atoms with Crippen molar-refractivity contribution in [3.05, 3.63) is 83.9 Å². The topological polar surface area (TPSA) is 360 Å². The Morgan fingerprint density at radius 1 is 0.552 bits per heavy atom. The van der Waals surface area contributed by atoms with Gasteiger partial charge in [-0.15, -0.1) is 5.11 Å². The highest BCUT2D eigenvalue weighted by Gasteiger charge is 2.30. The number of benzene rings is 6. The van der Waals surface area contributed by atoms with E-state index in [1.54, 1.807) is 50.2 Å². The van der Waals surface area contributed by atoms with Gasteiger partial charge in [0.2, 0.25) is 0 Å². The van der Waals surface area contributed by atoms with E-state index in [2.05, 4.69) is 19.8 Å². The molecule has 0 saturated carbocycles. The van der Waals surface area contributed by atoms with Crippen LogP contribution in [0.25, 0.3) is 43.8 Å². The first-order valence-electron chi connectivity index (χ1n) is 15.9. The quantitative estimate of drug-likeness (QED) is 0.0323. The summed E-state index contributed by atoms with van der Waals surface area (Å²) in [5.74, 6) is -1.42. The number of nitrogens with zero attached hydrogens (tertiary/aromatic N) is 3. The highest BCUT2D eigenvalue weighted by atomic mass is 32.2. The number of aryl methyl sites for hydroxylation is 2. The maximum Gasteiger partial charge on any atom is 0.360 e. The van der Waals surface area contributed by atoms with E-state index in [1.165, 1.54) is 12.1 Å². The Bertz CT molecular complexity index is 3280. The molecule has 0 aromatic heterocycles. The number of hydrogen-bond acceptors (Lipinski definition) is 17. The second kappa shape index (κ2) is 14.3. The van der Waals surface area contributed by atoms with Crippen molar-refractivity contribution in [3.63, 3.8) is 0 Å². The van der Waals surface area contributed by atoms with Crippen LogP contribution >= 0.6 is 0 Å². The molecular formula is C34H28N6O14S4. The lowest BCUT2D eigenvalue weighted by Gasteiger charge is -2.16. The monoisotopic (exact) mass is 872 g/mol. The van der Waals surface area contributed by atoms with E-state index in [0.29, 0.717) is 45.6 Å². The molecule has 302 valence electrons. The predicted molar refractivity (Wildman–Crippen MR) is 207 cm³/mol. The van der Waals surface area contributed by atoms with E-state index < -0.39 is 93.7 Å². The maximum absolute atomic E-state index is 12.7. The van der Waals surface area contributed by atoms with Crippen LogP contribution in [0.1, 0.15) is 11.1 Å². The van der Waals surface area contributed by atoms with Crippen LogP contribution in [0.2, 0.25) is 0 Å². The summed E-state index contributed by atoms with van der Waals surface area (Å²) in [5, 5.41) is 31.4. The molecule has 0 spiro atoms. The van der Waals surface area contributed by atoms with Crippen LogP contribution in [-0.2, 0) is 44.8 Å². The molecule has 6 aromatic rings. The summed E-state index contributed by atoms with van der Waals surface area (Å²) in [5.41, 5.74) is 20.5. The minimum atomic E-state index is -5.12. The lowest BCUT2D eigenvalue weighted by Crippen LogP contribution is -2.09. The summed E-state index contributed by atoms with van der Waals surface area (Å²) >= 11 is 0. The van der Waals surface area contributed by atoms with Gasteiger partial charge in [-0.05, 0) is 78.1 Å². The highest BCUT2D eigenvalue weighted by Crippen LogP contribution is 2.46. The number of nitrogen functional groups attached to an aromatic ring is 2. The molecule has 0 aliphatic rings. The standard InChI is InChI=1S/C34H28N6O14S4/c1-15-11-17(3-5-19(15)20-6-7-22-26(58(52,53)54-40-37)14-28(57(49,50)51)31(35)29(22)33(20)41)18-4-9-23(16(2)12-18)38-39-24-10-8-21-25(55(43,44)45)13-27(56(46,47)48)32(36)30(21)34(24)42/h3-14,37,41-42H,35-36H2,1-2H3,(H,43,44,45)(H,46,47,48)(H,49,50,51). The zero-order valence-corrected chi connectivity index (χ0v) is 32.7. The molecule has 0 fully saturated rings. The Balaban J connectivity index is 1.38. The van der Waals surface area contributed by atoms with Gasteiger partial charge in [-0.3, -0.25) is 13.7 Å². The lowest BCUT2D eigenvalue weighted by atomic mass is 9.92. The number of anilines is 2. The molecule has 0 aliphatic carbocycles. The van der Waals surface area contributed by atoms with Crippen LogP contribution in [0.5, 0.6) is 11.5 Å². The average molecular weight is 873 g/mol. The molecular weight excluding hydrogens is 845 g/mol. The predicted octanol–water partition coefficient (Wildman–Crippen LogP) is 6.33. The van der Waals surface area contributed by atoms with E-state index >= 15 is 0 Å². The number of nitrogens with two attached hydrogens (primary N) is 2. The van der Waals surface area contributed by atoms with Gasteiger partial charge >= 0.3 is 10.1 Å².